The molecule has 2 nitrogen and oxygen atoms in total. The summed E-state index contributed by atoms with van der Waals surface area (Å²) in [4.78, 5) is 0. The predicted octanol–water partition coefficient (Wildman–Crippen LogP) is 3.95. The summed E-state index contributed by atoms with van der Waals surface area (Å²) < 4.78 is 50.2. The second-order valence-electron chi connectivity index (χ2n) is 3.73. The minimum absolute atomic E-state index is 0.223. The number of anilines is 1. The first kappa shape index (κ1) is 14.3. The van der Waals surface area contributed by atoms with Crippen LogP contribution in [0.3, 0.4) is 0 Å². The molecular formula is C12H12F4N2. The van der Waals surface area contributed by atoms with Gasteiger partial charge in [-0.15, -0.1) is 0 Å². The Bertz CT molecular complexity index is 435. The van der Waals surface area contributed by atoms with Crippen LogP contribution in [0.5, 0.6) is 0 Å². The first-order chi connectivity index (χ1) is 8.45. The van der Waals surface area contributed by atoms with E-state index >= 15 is 0 Å². The lowest BCUT2D eigenvalue weighted by molar-refractivity contribution is -0.139. The van der Waals surface area contributed by atoms with Crippen LogP contribution in [0.4, 0.5) is 23.2 Å². The lowest BCUT2D eigenvalue weighted by Crippen LogP contribution is -2.10. The number of hydrogen-bond donors (Lipinski definition) is 1. The van der Waals surface area contributed by atoms with E-state index in [1.807, 2.05) is 6.07 Å². The Kier molecular flexibility index (Phi) is 4.95. The van der Waals surface area contributed by atoms with Crippen molar-refractivity contribution in [3.05, 3.63) is 29.6 Å². The molecule has 0 aliphatic heterocycles. The van der Waals surface area contributed by atoms with Crippen molar-refractivity contribution in [1.82, 2.24) is 0 Å². The van der Waals surface area contributed by atoms with Gasteiger partial charge in [-0.25, -0.2) is 4.39 Å². The first-order valence-electron chi connectivity index (χ1n) is 5.42. The zero-order valence-electron chi connectivity index (χ0n) is 9.52. The number of rotatable bonds is 5. The van der Waals surface area contributed by atoms with Crippen LogP contribution in [0, 0.1) is 17.1 Å². The van der Waals surface area contributed by atoms with Gasteiger partial charge >= 0.3 is 6.18 Å². The average Bonchev–Trinajstić information content (AvgIpc) is 2.29. The maximum atomic E-state index is 13.0. The van der Waals surface area contributed by atoms with Crippen molar-refractivity contribution in [3.8, 4) is 6.07 Å². The summed E-state index contributed by atoms with van der Waals surface area (Å²) in [5.74, 6) is -1.28. The van der Waals surface area contributed by atoms with Gasteiger partial charge in [0, 0.05) is 18.7 Å². The molecule has 0 radical (unpaired) electrons. The number of nitrogens with zero attached hydrogens (tertiary/aromatic N) is 1. The lowest BCUT2D eigenvalue weighted by atomic mass is 10.1. The molecule has 6 heteroatoms. The van der Waals surface area contributed by atoms with E-state index in [0.29, 0.717) is 25.8 Å². The summed E-state index contributed by atoms with van der Waals surface area (Å²) in [6.07, 6.45) is -2.93. The number of nitriles is 1. The predicted molar refractivity (Wildman–Crippen MR) is 59.4 cm³/mol. The van der Waals surface area contributed by atoms with Crippen LogP contribution in [0.2, 0.25) is 0 Å². The Morgan fingerprint density at radius 1 is 1.22 bits per heavy atom. The van der Waals surface area contributed by atoms with E-state index in [0.717, 1.165) is 12.1 Å². The third-order valence-corrected chi connectivity index (χ3v) is 2.32. The van der Waals surface area contributed by atoms with Crippen LogP contribution in [-0.4, -0.2) is 6.54 Å². The zero-order chi connectivity index (χ0) is 13.6. The van der Waals surface area contributed by atoms with Crippen LogP contribution in [0.15, 0.2) is 18.2 Å². The molecule has 1 rings (SSSR count). The summed E-state index contributed by atoms with van der Waals surface area (Å²) in [5, 5.41) is 11.1. The van der Waals surface area contributed by atoms with Gasteiger partial charge in [0.15, 0.2) is 0 Å². The van der Waals surface area contributed by atoms with Crippen molar-refractivity contribution in [1.29, 1.82) is 5.26 Å². The van der Waals surface area contributed by atoms with Crippen molar-refractivity contribution < 1.29 is 17.6 Å². The van der Waals surface area contributed by atoms with Gasteiger partial charge in [-0.1, -0.05) is 0 Å². The van der Waals surface area contributed by atoms with E-state index in [-0.39, 0.29) is 5.69 Å². The van der Waals surface area contributed by atoms with Crippen molar-refractivity contribution >= 4 is 5.69 Å². The third kappa shape index (κ3) is 4.24. The van der Waals surface area contributed by atoms with Gasteiger partial charge in [-0.05, 0) is 31.0 Å². The normalized spacial score (nSPS) is 11.1. The molecule has 0 aromatic heterocycles. The summed E-state index contributed by atoms with van der Waals surface area (Å²) in [6.45, 7) is 0.449. The molecule has 1 N–H and O–H groups in total. The molecule has 0 bridgehead atoms. The van der Waals surface area contributed by atoms with Gasteiger partial charge in [0.05, 0.1) is 11.6 Å². The van der Waals surface area contributed by atoms with Gasteiger partial charge in [-0.2, -0.15) is 18.4 Å². The van der Waals surface area contributed by atoms with E-state index in [1.165, 1.54) is 6.07 Å². The molecule has 98 valence electrons. The molecule has 1 aromatic carbocycles. The fourth-order valence-corrected chi connectivity index (χ4v) is 1.41. The molecule has 0 unspecified atom stereocenters. The maximum absolute atomic E-state index is 13.0. The summed E-state index contributed by atoms with van der Waals surface area (Å²) in [5.41, 5.74) is -1.05. The first-order valence-corrected chi connectivity index (χ1v) is 5.42. The smallest absolute Gasteiger partial charge is 0.385 e. The highest BCUT2D eigenvalue weighted by Crippen LogP contribution is 2.32. The molecule has 0 atom stereocenters. The second-order valence-corrected chi connectivity index (χ2v) is 3.73. The maximum Gasteiger partial charge on any atom is 0.419 e. The van der Waals surface area contributed by atoms with Crippen LogP contribution in [0.1, 0.15) is 24.8 Å². The van der Waals surface area contributed by atoms with E-state index in [9.17, 15) is 17.6 Å². The minimum atomic E-state index is -4.69. The highest BCUT2D eigenvalue weighted by atomic mass is 19.4. The van der Waals surface area contributed by atoms with Gasteiger partial charge in [0.2, 0.25) is 0 Å². The van der Waals surface area contributed by atoms with Gasteiger partial charge < -0.3 is 5.32 Å². The largest absolute Gasteiger partial charge is 0.419 e. The Hall–Kier alpha value is -1.77. The van der Waals surface area contributed by atoms with Gasteiger partial charge in [0.1, 0.15) is 5.82 Å². The topological polar surface area (TPSA) is 35.8 Å². The minimum Gasteiger partial charge on any atom is -0.385 e. The standard InChI is InChI=1S/C12H12F4N2/c13-11-5-4-9(8-10(11)12(14,15)16)18-7-3-1-2-6-17/h4-5,8,18H,1-3,7H2. The molecule has 0 aliphatic rings. The van der Waals surface area contributed by atoms with Crippen molar-refractivity contribution in [2.75, 3.05) is 11.9 Å². The van der Waals surface area contributed by atoms with Gasteiger partial charge in [0.25, 0.3) is 0 Å². The van der Waals surface area contributed by atoms with Crippen LogP contribution in [-0.2, 0) is 6.18 Å². The molecule has 0 spiro atoms. The summed E-state index contributed by atoms with van der Waals surface area (Å²) in [7, 11) is 0. The average molecular weight is 260 g/mol. The number of benzene rings is 1. The van der Waals surface area contributed by atoms with Crippen molar-refractivity contribution in [2.24, 2.45) is 0 Å². The molecule has 0 saturated carbocycles. The Labute approximate surface area is 102 Å². The van der Waals surface area contributed by atoms with Crippen LogP contribution in [0.25, 0.3) is 0 Å². The molecule has 0 amide bonds. The Morgan fingerprint density at radius 2 is 1.94 bits per heavy atom. The summed E-state index contributed by atoms with van der Waals surface area (Å²) in [6, 6.07) is 4.78. The SMILES string of the molecule is N#CCCCCNc1ccc(F)c(C(F)(F)F)c1. The molecule has 0 heterocycles. The lowest BCUT2D eigenvalue weighted by Gasteiger charge is -2.11. The highest BCUT2D eigenvalue weighted by Gasteiger charge is 2.34. The molecule has 1 aromatic rings. The number of alkyl halides is 3. The molecule has 0 aliphatic carbocycles. The van der Waals surface area contributed by atoms with E-state index < -0.39 is 17.6 Å². The number of unbranched alkanes of at least 4 members (excludes halogenated alkanes) is 2. The second kappa shape index (κ2) is 6.24. The monoisotopic (exact) mass is 260 g/mol. The Morgan fingerprint density at radius 3 is 2.56 bits per heavy atom. The quantitative estimate of drug-likeness (QED) is 0.642. The number of halogens is 4. The van der Waals surface area contributed by atoms with Crippen molar-refractivity contribution in [3.63, 3.8) is 0 Å². The number of nitrogens with one attached hydrogen (secondary N) is 1. The van der Waals surface area contributed by atoms with Gasteiger partial charge in [-0.3, -0.25) is 0 Å². The van der Waals surface area contributed by atoms with E-state index in [4.69, 9.17) is 5.26 Å². The third-order valence-electron chi connectivity index (χ3n) is 2.32. The molecule has 0 saturated heterocycles. The van der Waals surface area contributed by atoms with Crippen LogP contribution < -0.4 is 5.32 Å². The Balaban J connectivity index is 2.60. The molecule has 18 heavy (non-hydrogen) atoms. The number of hydrogen-bond acceptors (Lipinski definition) is 2. The highest BCUT2D eigenvalue weighted by molar-refractivity contribution is 5.47. The van der Waals surface area contributed by atoms with Crippen molar-refractivity contribution in [2.45, 2.75) is 25.4 Å². The van der Waals surface area contributed by atoms with Crippen LogP contribution >= 0.6 is 0 Å². The van der Waals surface area contributed by atoms with E-state index in [1.54, 1.807) is 0 Å². The summed E-state index contributed by atoms with van der Waals surface area (Å²) >= 11 is 0. The van der Waals surface area contributed by atoms with E-state index in [2.05, 4.69) is 5.32 Å². The fourth-order valence-electron chi connectivity index (χ4n) is 1.41. The molecule has 0 fully saturated rings. The fraction of sp³-hybridized carbons (Fsp3) is 0.417. The zero-order valence-corrected chi connectivity index (χ0v) is 9.52. The molecular weight excluding hydrogens is 248 g/mol.